The standard InChI is InChI=1S/C16H23NO/c1-8-7-14(17-13(6)18)16-12(5)10(3)11(4)15(16)9(8)2/h7,10-12H,1-6H3,(H,17,18). The third-order valence-corrected chi connectivity index (χ3v) is 4.74. The summed E-state index contributed by atoms with van der Waals surface area (Å²) in [6.45, 7) is 12.8. The summed E-state index contributed by atoms with van der Waals surface area (Å²) in [6, 6.07) is 2.12. The first-order chi connectivity index (χ1) is 8.34. The predicted molar refractivity (Wildman–Crippen MR) is 76.2 cm³/mol. The van der Waals surface area contributed by atoms with Crippen LogP contribution in [0.5, 0.6) is 0 Å². The van der Waals surface area contributed by atoms with E-state index < -0.39 is 0 Å². The number of carbonyl (C=O) groups excluding carboxylic acids is 1. The molecule has 3 atom stereocenters. The largest absolute Gasteiger partial charge is 0.326 e. The van der Waals surface area contributed by atoms with Crippen molar-refractivity contribution >= 4 is 11.6 Å². The summed E-state index contributed by atoms with van der Waals surface area (Å²) in [4.78, 5) is 11.4. The Morgan fingerprint density at radius 1 is 1.11 bits per heavy atom. The quantitative estimate of drug-likeness (QED) is 0.792. The van der Waals surface area contributed by atoms with E-state index >= 15 is 0 Å². The SMILES string of the molecule is CC(=O)Nc1cc(C)c(C)c2c1C(C)C(C)C2C. The second-order valence-corrected chi connectivity index (χ2v) is 5.81. The zero-order valence-electron chi connectivity index (χ0n) is 12.2. The van der Waals surface area contributed by atoms with Gasteiger partial charge in [-0.3, -0.25) is 4.79 Å². The third kappa shape index (κ3) is 1.84. The molecular weight excluding hydrogens is 222 g/mol. The van der Waals surface area contributed by atoms with Crippen molar-refractivity contribution in [2.75, 3.05) is 5.32 Å². The van der Waals surface area contributed by atoms with Crippen LogP contribution in [0, 0.1) is 19.8 Å². The normalized spacial score (nSPS) is 26.0. The second kappa shape index (κ2) is 4.42. The van der Waals surface area contributed by atoms with Crippen molar-refractivity contribution in [3.8, 4) is 0 Å². The molecule has 2 nitrogen and oxygen atoms in total. The zero-order chi connectivity index (χ0) is 13.6. The zero-order valence-corrected chi connectivity index (χ0v) is 12.2. The highest BCUT2D eigenvalue weighted by molar-refractivity contribution is 5.90. The molecule has 0 radical (unpaired) electrons. The second-order valence-electron chi connectivity index (χ2n) is 5.81. The van der Waals surface area contributed by atoms with Gasteiger partial charge in [0.25, 0.3) is 0 Å². The molecular formula is C16H23NO. The maximum atomic E-state index is 11.4. The van der Waals surface area contributed by atoms with Crippen LogP contribution in [0.25, 0.3) is 0 Å². The van der Waals surface area contributed by atoms with Gasteiger partial charge in [-0.05, 0) is 59.9 Å². The fourth-order valence-electron chi connectivity index (χ4n) is 3.29. The smallest absolute Gasteiger partial charge is 0.221 e. The van der Waals surface area contributed by atoms with Crippen LogP contribution >= 0.6 is 0 Å². The van der Waals surface area contributed by atoms with E-state index in [0.717, 1.165) is 5.69 Å². The van der Waals surface area contributed by atoms with E-state index in [9.17, 15) is 4.79 Å². The van der Waals surface area contributed by atoms with Crippen LogP contribution in [0.3, 0.4) is 0 Å². The molecule has 3 unspecified atom stereocenters. The molecule has 2 heteroatoms. The summed E-state index contributed by atoms with van der Waals surface area (Å²) in [5.74, 6) is 1.73. The molecule has 0 aliphatic heterocycles. The van der Waals surface area contributed by atoms with Crippen molar-refractivity contribution in [1.82, 2.24) is 0 Å². The van der Waals surface area contributed by atoms with Gasteiger partial charge in [-0.2, -0.15) is 0 Å². The molecule has 18 heavy (non-hydrogen) atoms. The highest BCUT2D eigenvalue weighted by Gasteiger charge is 2.36. The van der Waals surface area contributed by atoms with Gasteiger partial charge in [0.05, 0.1) is 0 Å². The summed E-state index contributed by atoms with van der Waals surface area (Å²) in [6.07, 6.45) is 0. The monoisotopic (exact) mass is 245 g/mol. The van der Waals surface area contributed by atoms with E-state index in [1.807, 2.05) is 0 Å². The lowest BCUT2D eigenvalue weighted by Crippen LogP contribution is -2.10. The predicted octanol–water partition coefficient (Wildman–Crippen LogP) is 4.12. The number of fused-ring (bicyclic) bond motifs is 1. The fraction of sp³-hybridized carbons (Fsp3) is 0.562. The van der Waals surface area contributed by atoms with Crippen molar-refractivity contribution in [2.45, 2.75) is 53.4 Å². The minimum atomic E-state index is 0.0138. The number of rotatable bonds is 1. The number of benzene rings is 1. The Kier molecular flexibility index (Phi) is 3.22. The Morgan fingerprint density at radius 3 is 2.22 bits per heavy atom. The van der Waals surface area contributed by atoms with Crippen LogP contribution in [0.2, 0.25) is 0 Å². The van der Waals surface area contributed by atoms with Crippen molar-refractivity contribution in [2.24, 2.45) is 5.92 Å². The van der Waals surface area contributed by atoms with Crippen LogP contribution in [0.4, 0.5) is 5.69 Å². The Bertz CT molecular complexity index is 504. The third-order valence-electron chi connectivity index (χ3n) is 4.74. The summed E-state index contributed by atoms with van der Waals surface area (Å²) in [7, 11) is 0. The van der Waals surface area contributed by atoms with Gasteiger partial charge in [-0.25, -0.2) is 0 Å². The van der Waals surface area contributed by atoms with Crippen molar-refractivity contribution in [3.63, 3.8) is 0 Å². The summed E-state index contributed by atoms with van der Waals surface area (Å²) in [5.41, 5.74) is 6.49. The number of nitrogens with one attached hydrogen (secondary N) is 1. The molecule has 0 spiro atoms. The molecule has 1 aromatic carbocycles. The Balaban J connectivity index is 2.66. The summed E-state index contributed by atoms with van der Waals surface area (Å²) >= 11 is 0. The van der Waals surface area contributed by atoms with Gasteiger partial charge in [0.15, 0.2) is 0 Å². The molecule has 2 rings (SSSR count). The lowest BCUT2D eigenvalue weighted by Gasteiger charge is -2.17. The van der Waals surface area contributed by atoms with E-state index in [0.29, 0.717) is 17.8 Å². The van der Waals surface area contributed by atoms with Crippen LogP contribution in [-0.4, -0.2) is 5.91 Å². The Hall–Kier alpha value is -1.31. The molecule has 0 aromatic heterocycles. The Morgan fingerprint density at radius 2 is 1.67 bits per heavy atom. The first-order valence-corrected chi connectivity index (χ1v) is 6.76. The lowest BCUT2D eigenvalue weighted by molar-refractivity contribution is -0.114. The van der Waals surface area contributed by atoms with E-state index in [2.05, 4.69) is 46.0 Å². The molecule has 98 valence electrons. The van der Waals surface area contributed by atoms with E-state index in [1.165, 1.54) is 22.3 Å². The van der Waals surface area contributed by atoms with Gasteiger partial charge in [-0.1, -0.05) is 20.8 Å². The van der Waals surface area contributed by atoms with Gasteiger partial charge in [0.2, 0.25) is 5.91 Å². The number of carbonyl (C=O) groups is 1. The molecule has 0 bridgehead atoms. The summed E-state index contributed by atoms with van der Waals surface area (Å²) in [5, 5.41) is 3.01. The number of amides is 1. The molecule has 0 saturated heterocycles. The Labute approximate surface area is 110 Å². The fourth-order valence-corrected chi connectivity index (χ4v) is 3.29. The lowest BCUT2D eigenvalue weighted by atomic mass is 9.90. The highest BCUT2D eigenvalue weighted by atomic mass is 16.1. The first-order valence-electron chi connectivity index (χ1n) is 6.76. The number of aryl methyl sites for hydroxylation is 1. The molecule has 1 aliphatic rings. The molecule has 1 amide bonds. The van der Waals surface area contributed by atoms with Gasteiger partial charge in [-0.15, -0.1) is 0 Å². The molecule has 1 aromatic rings. The van der Waals surface area contributed by atoms with Gasteiger partial charge < -0.3 is 5.32 Å². The van der Waals surface area contributed by atoms with E-state index in [1.54, 1.807) is 6.92 Å². The van der Waals surface area contributed by atoms with Gasteiger partial charge in [0, 0.05) is 12.6 Å². The van der Waals surface area contributed by atoms with Crippen LogP contribution in [0.1, 0.15) is 61.8 Å². The first kappa shape index (κ1) is 13.1. The maximum Gasteiger partial charge on any atom is 0.221 e. The van der Waals surface area contributed by atoms with Crippen molar-refractivity contribution in [3.05, 3.63) is 28.3 Å². The highest BCUT2D eigenvalue weighted by Crippen LogP contribution is 2.50. The average Bonchev–Trinajstić information content (AvgIpc) is 2.50. The van der Waals surface area contributed by atoms with E-state index in [4.69, 9.17) is 0 Å². The summed E-state index contributed by atoms with van der Waals surface area (Å²) < 4.78 is 0. The van der Waals surface area contributed by atoms with Gasteiger partial charge in [0.1, 0.15) is 0 Å². The van der Waals surface area contributed by atoms with Crippen molar-refractivity contribution in [1.29, 1.82) is 0 Å². The van der Waals surface area contributed by atoms with Crippen molar-refractivity contribution < 1.29 is 4.79 Å². The molecule has 1 N–H and O–H groups in total. The minimum Gasteiger partial charge on any atom is -0.326 e. The molecule has 0 heterocycles. The number of hydrogen-bond donors (Lipinski definition) is 1. The minimum absolute atomic E-state index is 0.0138. The number of hydrogen-bond acceptors (Lipinski definition) is 1. The molecule has 1 aliphatic carbocycles. The van der Waals surface area contributed by atoms with Crippen LogP contribution in [0.15, 0.2) is 6.07 Å². The van der Waals surface area contributed by atoms with Gasteiger partial charge >= 0.3 is 0 Å². The molecule has 0 fully saturated rings. The maximum absolute atomic E-state index is 11.4. The molecule has 0 saturated carbocycles. The average molecular weight is 245 g/mol. The number of anilines is 1. The van der Waals surface area contributed by atoms with E-state index in [-0.39, 0.29) is 5.91 Å². The van der Waals surface area contributed by atoms with Crippen LogP contribution < -0.4 is 5.32 Å². The van der Waals surface area contributed by atoms with Crippen LogP contribution in [-0.2, 0) is 4.79 Å². The topological polar surface area (TPSA) is 29.1 Å².